The van der Waals surface area contributed by atoms with E-state index in [-0.39, 0.29) is 12.1 Å². The number of carbonyl (C=O) groups is 1. The molecule has 2 aromatic rings. The molecule has 130 valence electrons. The summed E-state index contributed by atoms with van der Waals surface area (Å²) >= 11 is 0. The lowest BCUT2D eigenvalue weighted by molar-refractivity contribution is 0.0600. The van der Waals surface area contributed by atoms with Crippen LogP contribution >= 0.6 is 0 Å². The van der Waals surface area contributed by atoms with Gasteiger partial charge in [-0.05, 0) is 36.2 Å². The van der Waals surface area contributed by atoms with Crippen LogP contribution in [0.5, 0.6) is 0 Å². The highest BCUT2D eigenvalue weighted by atomic mass is 16.5. The number of hydrogen-bond donors (Lipinski definition) is 0. The van der Waals surface area contributed by atoms with E-state index in [9.17, 15) is 4.79 Å². The second kappa shape index (κ2) is 7.99. The zero-order valence-corrected chi connectivity index (χ0v) is 14.6. The molecule has 4 nitrogen and oxygen atoms in total. The molecule has 3 rings (SSSR count). The number of benzene rings is 2. The van der Waals surface area contributed by atoms with Gasteiger partial charge in [-0.1, -0.05) is 42.5 Å². The molecule has 2 aromatic carbocycles. The summed E-state index contributed by atoms with van der Waals surface area (Å²) in [5.74, 6) is -0.314. The third kappa shape index (κ3) is 4.28. The first-order chi connectivity index (χ1) is 12.2. The molecule has 0 bridgehead atoms. The van der Waals surface area contributed by atoms with Crippen molar-refractivity contribution in [1.29, 1.82) is 0 Å². The van der Waals surface area contributed by atoms with Gasteiger partial charge in [-0.25, -0.2) is 4.79 Å². The van der Waals surface area contributed by atoms with Crippen LogP contribution in [0.1, 0.15) is 21.5 Å². The van der Waals surface area contributed by atoms with Crippen LogP contribution in [0.15, 0.2) is 54.6 Å². The van der Waals surface area contributed by atoms with E-state index in [0.29, 0.717) is 12.2 Å². The molecule has 0 spiro atoms. The molecule has 25 heavy (non-hydrogen) atoms. The summed E-state index contributed by atoms with van der Waals surface area (Å²) in [6, 6.07) is 15.8. The molecule has 4 heteroatoms. The first-order valence-corrected chi connectivity index (χ1v) is 8.46. The molecule has 1 unspecified atom stereocenters. The van der Waals surface area contributed by atoms with Gasteiger partial charge < -0.3 is 14.4 Å². The van der Waals surface area contributed by atoms with Gasteiger partial charge in [0.2, 0.25) is 0 Å². The first-order valence-electron chi connectivity index (χ1n) is 8.46. The summed E-state index contributed by atoms with van der Waals surface area (Å²) in [7, 11) is 1.40. The molecule has 1 aliphatic rings. The Hall–Kier alpha value is -2.59. The van der Waals surface area contributed by atoms with Gasteiger partial charge in [-0.15, -0.1) is 0 Å². The van der Waals surface area contributed by atoms with Crippen LogP contribution in [-0.2, 0) is 9.47 Å². The predicted octanol–water partition coefficient (Wildman–Crippen LogP) is 3.70. The third-order valence-corrected chi connectivity index (χ3v) is 4.40. The summed E-state index contributed by atoms with van der Waals surface area (Å²) in [6.07, 6.45) is 4.25. The van der Waals surface area contributed by atoms with E-state index in [2.05, 4.69) is 36.1 Å². The van der Waals surface area contributed by atoms with Gasteiger partial charge in [0.15, 0.2) is 0 Å². The number of nitrogens with zero attached hydrogens (tertiary/aromatic N) is 1. The predicted molar refractivity (Wildman–Crippen MR) is 99.9 cm³/mol. The van der Waals surface area contributed by atoms with E-state index in [4.69, 9.17) is 9.47 Å². The first kappa shape index (κ1) is 17.2. The molecule has 0 aliphatic carbocycles. The number of carbonyl (C=O) groups excluding carboxylic acids is 1. The normalized spacial score (nSPS) is 17.7. The Morgan fingerprint density at radius 3 is 2.88 bits per heavy atom. The van der Waals surface area contributed by atoms with Crippen LogP contribution in [0.25, 0.3) is 6.08 Å². The number of anilines is 1. The van der Waals surface area contributed by atoms with Crippen molar-refractivity contribution < 1.29 is 14.3 Å². The fourth-order valence-corrected chi connectivity index (χ4v) is 2.96. The number of hydrogen-bond acceptors (Lipinski definition) is 4. The van der Waals surface area contributed by atoms with Gasteiger partial charge in [-0.3, -0.25) is 0 Å². The molecule has 1 saturated heterocycles. The maximum atomic E-state index is 11.7. The van der Waals surface area contributed by atoms with E-state index in [1.807, 2.05) is 30.3 Å². The molecule has 1 atom stereocenters. The lowest BCUT2D eigenvalue weighted by atomic mass is 10.1. The summed E-state index contributed by atoms with van der Waals surface area (Å²) in [4.78, 5) is 14.0. The number of aryl methyl sites for hydroxylation is 1. The van der Waals surface area contributed by atoms with Crippen molar-refractivity contribution in [2.45, 2.75) is 13.0 Å². The highest BCUT2D eigenvalue weighted by Gasteiger charge is 2.19. The maximum Gasteiger partial charge on any atom is 0.337 e. The lowest BCUT2D eigenvalue weighted by Crippen LogP contribution is -2.41. The van der Waals surface area contributed by atoms with Crippen molar-refractivity contribution in [2.24, 2.45) is 0 Å². The van der Waals surface area contributed by atoms with Gasteiger partial charge in [0.05, 0.1) is 25.4 Å². The van der Waals surface area contributed by atoms with Crippen molar-refractivity contribution in [3.8, 4) is 0 Å². The van der Waals surface area contributed by atoms with Crippen molar-refractivity contribution >= 4 is 17.7 Å². The summed E-state index contributed by atoms with van der Waals surface area (Å²) in [6.45, 7) is 4.32. The van der Waals surface area contributed by atoms with Gasteiger partial charge in [0.1, 0.15) is 0 Å². The molecular weight excluding hydrogens is 314 g/mol. The van der Waals surface area contributed by atoms with Crippen molar-refractivity contribution in [1.82, 2.24) is 0 Å². The van der Waals surface area contributed by atoms with Crippen molar-refractivity contribution in [3.05, 3.63) is 71.3 Å². The van der Waals surface area contributed by atoms with Crippen molar-refractivity contribution in [3.63, 3.8) is 0 Å². The smallest absolute Gasteiger partial charge is 0.337 e. The Labute approximate surface area is 148 Å². The maximum absolute atomic E-state index is 11.7. The minimum absolute atomic E-state index is 0.0233. The molecular formula is C21H23NO3. The van der Waals surface area contributed by atoms with E-state index in [1.165, 1.54) is 18.2 Å². The fourth-order valence-electron chi connectivity index (χ4n) is 2.96. The van der Waals surface area contributed by atoms with Gasteiger partial charge in [-0.2, -0.15) is 0 Å². The standard InChI is InChI=1S/C21H23NO3/c1-16-6-3-4-7-17(16)10-11-20-15-22(12-13-25-20)19-9-5-8-18(14-19)21(23)24-2/h3-11,14,20H,12-13,15H2,1-2H3/b11-10+. The monoisotopic (exact) mass is 337 g/mol. The quantitative estimate of drug-likeness (QED) is 0.798. The van der Waals surface area contributed by atoms with E-state index in [0.717, 1.165) is 18.8 Å². The van der Waals surface area contributed by atoms with Crippen LogP contribution in [0, 0.1) is 6.92 Å². The Kier molecular flexibility index (Phi) is 5.51. The average Bonchev–Trinajstić information content (AvgIpc) is 2.67. The number of morpholine rings is 1. The number of ether oxygens (including phenoxy) is 2. The highest BCUT2D eigenvalue weighted by Crippen LogP contribution is 2.21. The van der Waals surface area contributed by atoms with Crippen LogP contribution in [0.3, 0.4) is 0 Å². The van der Waals surface area contributed by atoms with E-state index in [1.54, 1.807) is 6.07 Å². The molecule has 1 heterocycles. The Morgan fingerprint density at radius 2 is 2.08 bits per heavy atom. The Morgan fingerprint density at radius 1 is 1.24 bits per heavy atom. The van der Waals surface area contributed by atoms with Gasteiger partial charge >= 0.3 is 5.97 Å². The molecule has 0 N–H and O–H groups in total. The zero-order valence-electron chi connectivity index (χ0n) is 14.6. The highest BCUT2D eigenvalue weighted by molar-refractivity contribution is 5.90. The number of methoxy groups -OCH3 is 1. The summed E-state index contributed by atoms with van der Waals surface area (Å²) < 4.78 is 10.7. The van der Waals surface area contributed by atoms with Crippen LogP contribution in [-0.4, -0.2) is 38.9 Å². The second-order valence-electron chi connectivity index (χ2n) is 6.11. The summed E-state index contributed by atoms with van der Waals surface area (Å²) in [5, 5.41) is 0. The average molecular weight is 337 g/mol. The molecule has 0 radical (unpaired) electrons. The van der Waals surface area contributed by atoms with Crippen LogP contribution in [0.2, 0.25) is 0 Å². The van der Waals surface area contributed by atoms with E-state index >= 15 is 0 Å². The van der Waals surface area contributed by atoms with Crippen LogP contribution < -0.4 is 4.90 Å². The Balaban J connectivity index is 1.71. The SMILES string of the molecule is COC(=O)c1cccc(N2CCOC(/C=C/c3ccccc3C)C2)c1. The second-order valence-corrected chi connectivity index (χ2v) is 6.11. The molecule has 0 amide bonds. The fraction of sp³-hybridized carbons (Fsp3) is 0.286. The molecule has 1 fully saturated rings. The third-order valence-electron chi connectivity index (χ3n) is 4.40. The van der Waals surface area contributed by atoms with Gasteiger partial charge in [0.25, 0.3) is 0 Å². The van der Waals surface area contributed by atoms with Crippen LogP contribution in [0.4, 0.5) is 5.69 Å². The number of esters is 1. The topological polar surface area (TPSA) is 38.8 Å². The van der Waals surface area contributed by atoms with E-state index < -0.39 is 0 Å². The molecule has 1 aliphatic heterocycles. The molecule has 0 aromatic heterocycles. The largest absolute Gasteiger partial charge is 0.465 e. The number of rotatable bonds is 4. The lowest BCUT2D eigenvalue weighted by Gasteiger charge is -2.33. The molecule has 0 saturated carbocycles. The minimum Gasteiger partial charge on any atom is -0.465 e. The van der Waals surface area contributed by atoms with Gasteiger partial charge in [0, 0.05) is 18.8 Å². The summed E-state index contributed by atoms with van der Waals surface area (Å²) in [5.41, 5.74) is 4.03. The Bertz CT molecular complexity index is 769. The minimum atomic E-state index is -0.314. The van der Waals surface area contributed by atoms with Crippen molar-refractivity contribution in [2.75, 3.05) is 31.7 Å². The zero-order chi connectivity index (χ0) is 17.6.